The minimum absolute atomic E-state index is 0.200. The average Bonchev–Trinajstić information content (AvgIpc) is 3.27. The first-order valence-corrected chi connectivity index (χ1v) is 12.8. The Morgan fingerprint density at radius 3 is 2.41 bits per heavy atom. The van der Waals surface area contributed by atoms with Crippen LogP contribution in [0.4, 0.5) is 11.4 Å². The summed E-state index contributed by atoms with van der Waals surface area (Å²) in [5, 5.41) is 16.1. The molecule has 0 saturated heterocycles. The van der Waals surface area contributed by atoms with Gasteiger partial charge in [-0.25, -0.2) is 0 Å². The maximum Gasteiger partial charge on any atom is 0.257 e. The van der Waals surface area contributed by atoms with Gasteiger partial charge in [-0.2, -0.15) is 0 Å². The number of nitrogens with zero attached hydrogens (tertiary/aromatic N) is 1. The molecule has 1 unspecified atom stereocenters. The fourth-order valence-electron chi connectivity index (χ4n) is 4.29. The maximum atomic E-state index is 13.0. The molecule has 0 aliphatic carbocycles. The number of carbonyl (C=O) groups excluding carboxylic acids is 3. The fourth-order valence-corrected chi connectivity index (χ4v) is 4.29. The number of carbonyl (C=O) groups is 3. The molecule has 1 atom stereocenters. The van der Waals surface area contributed by atoms with Crippen molar-refractivity contribution in [2.24, 2.45) is 5.73 Å². The third-order valence-corrected chi connectivity index (χ3v) is 6.52. The van der Waals surface area contributed by atoms with Crippen molar-refractivity contribution in [3.05, 3.63) is 95.2 Å². The summed E-state index contributed by atoms with van der Waals surface area (Å²) in [5.74, 6) is -0.553. The first kappa shape index (κ1) is 27.6. The molecule has 2 amide bonds. The van der Waals surface area contributed by atoms with Gasteiger partial charge in [0.2, 0.25) is 5.91 Å². The van der Waals surface area contributed by atoms with Crippen LogP contribution in [0.15, 0.2) is 72.9 Å². The molecule has 9 heteroatoms. The van der Waals surface area contributed by atoms with E-state index in [1.807, 2.05) is 12.1 Å². The monoisotopic (exact) mass is 528 g/mol. The minimum atomic E-state index is -0.611. The maximum absolute atomic E-state index is 13.0. The second-order valence-corrected chi connectivity index (χ2v) is 9.17. The number of fused-ring (bicyclic) bond motifs is 1. The number of likely N-dealkylation sites (N-methyl/N-ethyl adjacent to an activating group) is 1. The lowest BCUT2D eigenvalue weighted by Crippen LogP contribution is -2.35. The number of amides is 2. The number of ketones is 1. The van der Waals surface area contributed by atoms with Crippen LogP contribution in [0, 0.1) is 0 Å². The Hall–Kier alpha value is -4.47. The number of benzene rings is 3. The Morgan fingerprint density at radius 2 is 1.72 bits per heavy atom. The number of nitrogens with one attached hydrogen (secondary N) is 2. The van der Waals surface area contributed by atoms with Crippen molar-refractivity contribution in [3.63, 3.8) is 0 Å². The molecule has 1 aliphatic rings. The normalized spacial score (nSPS) is 14.2. The first-order valence-electron chi connectivity index (χ1n) is 12.8. The highest BCUT2D eigenvalue weighted by atomic mass is 16.5. The van der Waals surface area contributed by atoms with Crippen LogP contribution >= 0.6 is 0 Å². The van der Waals surface area contributed by atoms with E-state index in [1.165, 1.54) is 6.07 Å². The van der Waals surface area contributed by atoms with Crippen LogP contribution in [0.2, 0.25) is 0 Å². The quantitative estimate of drug-likeness (QED) is 0.209. The second kappa shape index (κ2) is 12.4. The van der Waals surface area contributed by atoms with E-state index >= 15 is 0 Å². The summed E-state index contributed by atoms with van der Waals surface area (Å²) >= 11 is 0. The van der Waals surface area contributed by atoms with Crippen LogP contribution in [-0.2, 0) is 4.79 Å². The van der Waals surface area contributed by atoms with Crippen molar-refractivity contribution < 1.29 is 24.2 Å². The summed E-state index contributed by atoms with van der Waals surface area (Å²) < 4.78 is 5.70. The third-order valence-electron chi connectivity index (χ3n) is 6.52. The topological polar surface area (TPSA) is 134 Å². The van der Waals surface area contributed by atoms with E-state index in [9.17, 15) is 19.5 Å². The number of hydrogen-bond acceptors (Lipinski definition) is 7. The van der Waals surface area contributed by atoms with Gasteiger partial charge in [0.1, 0.15) is 18.5 Å². The van der Waals surface area contributed by atoms with E-state index in [2.05, 4.69) is 29.4 Å². The van der Waals surface area contributed by atoms with E-state index in [4.69, 9.17) is 10.5 Å². The van der Waals surface area contributed by atoms with Crippen molar-refractivity contribution in [1.82, 2.24) is 4.90 Å². The van der Waals surface area contributed by atoms with E-state index < -0.39 is 12.0 Å². The van der Waals surface area contributed by atoms with Crippen molar-refractivity contribution in [3.8, 4) is 5.75 Å². The molecule has 0 saturated carbocycles. The predicted octanol–water partition coefficient (Wildman–Crippen LogP) is 3.50. The van der Waals surface area contributed by atoms with Crippen molar-refractivity contribution in [2.75, 3.05) is 36.9 Å². The molecule has 9 nitrogen and oxygen atoms in total. The van der Waals surface area contributed by atoms with Crippen molar-refractivity contribution in [2.45, 2.75) is 20.0 Å². The minimum Gasteiger partial charge on any atom is -0.491 e. The van der Waals surface area contributed by atoms with Crippen LogP contribution in [0.3, 0.4) is 0 Å². The molecule has 1 heterocycles. The number of primary amides is 1. The molecule has 0 fully saturated rings. The molecule has 202 valence electrons. The Labute approximate surface area is 227 Å². The molecule has 1 aliphatic heterocycles. The van der Waals surface area contributed by atoms with Gasteiger partial charge in [-0.05, 0) is 55.6 Å². The SMILES string of the molecule is CCN(CC)CC(O)COc1ccc(NC=C2C(=O)Nc3cc(C(=O)c4cccc(C(N)=O)c4)ccc32)cc1. The first-order chi connectivity index (χ1) is 18.8. The zero-order valence-electron chi connectivity index (χ0n) is 21.9. The lowest BCUT2D eigenvalue weighted by Gasteiger charge is -2.21. The van der Waals surface area contributed by atoms with Crippen LogP contribution in [0.5, 0.6) is 5.75 Å². The molecule has 3 aromatic carbocycles. The molecule has 0 radical (unpaired) electrons. The highest BCUT2D eigenvalue weighted by Gasteiger charge is 2.25. The average molecular weight is 529 g/mol. The van der Waals surface area contributed by atoms with Gasteiger partial charge in [0.05, 0.1) is 5.57 Å². The van der Waals surface area contributed by atoms with Gasteiger partial charge in [-0.1, -0.05) is 38.1 Å². The van der Waals surface area contributed by atoms with Gasteiger partial charge >= 0.3 is 0 Å². The van der Waals surface area contributed by atoms with Gasteiger partial charge in [-0.3, -0.25) is 14.4 Å². The number of nitrogens with two attached hydrogens (primary N) is 1. The van der Waals surface area contributed by atoms with Gasteiger partial charge in [-0.15, -0.1) is 0 Å². The van der Waals surface area contributed by atoms with Crippen LogP contribution in [-0.4, -0.2) is 59.9 Å². The number of rotatable bonds is 12. The van der Waals surface area contributed by atoms with Gasteiger partial charge in [0.25, 0.3) is 5.91 Å². The largest absolute Gasteiger partial charge is 0.491 e. The molecule has 3 aromatic rings. The van der Waals surface area contributed by atoms with Gasteiger partial charge < -0.3 is 31.1 Å². The van der Waals surface area contributed by atoms with E-state index in [0.717, 1.165) is 18.8 Å². The van der Waals surface area contributed by atoms with Crippen LogP contribution in [0.25, 0.3) is 5.57 Å². The summed E-state index contributed by atoms with van der Waals surface area (Å²) in [7, 11) is 0. The second-order valence-electron chi connectivity index (χ2n) is 9.17. The zero-order valence-corrected chi connectivity index (χ0v) is 21.9. The standard InChI is InChI=1S/C30H32N4O5/c1-3-34(4-2)17-23(35)18-39-24-11-9-22(10-12-24)32-16-26-25-13-8-20(15-27(25)33-30(26)38)28(36)19-6-5-7-21(14-19)29(31)37/h5-16,23,32,35H,3-4,17-18H2,1-2H3,(H2,31,37)(H,33,38). The number of aliphatic hydroxyl groups is 1. The summed E-state index contributed by atoms with van der Waals surface area (Å²) in [5.41, 5.74) is 8.65. The lowest BCUT2D eigenvalue weighted by molar-refractivity contribution is -0.110. The molecule has 39 heavy (non-hydrogen) atoms. The number of hydrogen-bond donors (Lipinski definition) is 4. The Kier molecular flexibility index (Phi) is 8.75. The van der Waals surface area contributed by atoms with Gasteiger partial charge in [0.15, 0.2) is 5.78 Å². The lowest BCUT2D eigenvalue weighted by atomic mass is 9.98. The molecule has 0 bridgehead atoms. The summed E-state index contributed by atoms with van der Waals surface area (Å²) in [6.45, 7) is 6.61. The van der Waals surface area contributed by atoms with Crippen LogP contribution in [0.1, 0.15) is 45.7 Å². The molecule has 0 aromatic heterocycles. The summed E-state index contributed by atoms with van der Waals surface area (Å²) in [6, 6.07) is 18.4. The number of anilines is 2. The smallest absolute Gasteiger partial charge is 0.257 e. The zero-order chi connectivity index (χ0) is 27.9. The summed E-state index contributed by atoms with van der Waals surface area (Å²) in [6.07, 6.45) is 1.03. The Balaban J connectivity index is 1.40. The fraction of sp³-hybridized carbons (Fsp3) is 0.233. The Bertz CT molecular complexity index is 1400. The van der Waals surface area contributed by atoms with E-state index in [0.29, 0.717) is 40.2 Å². The third kappa shape index (κ3) is 6.70. The molecule has 5 N–H and O–H groups in total. The van der Waals surface area contributed by atoms with Crippen molar-refractivity contribution >= 4 is 34.5 Å². The van der Waals surface area contributed by atoms with Gasteiger partial charge in [0, 0.05) is 46.4 Å². The molecule has 4 rings (SSSR count). The molecule has 0 spiro atoms. The number of aliphatic hydroxyl groups excluding tert-OH is 1. The molecular weight excluding hydrogens is 496 g/mol. The molecular formula is C30H32N4O5. The Morgan fingerprint density at radius 1 is 1.03 bits per heavy atom. The number of ether oxygens (including phenoxy) is 1. The summed E-state index contributed by atoms with van der Waals surface area (Å²) in [4.78, 5) is 39.2. The predicted molar refractivity (Wildman–Crippen MR) is 151 cm³/mol. The van der Waals surface area contributed by atoms with Crippen LogP contribution < -0.4 is 21.1 Å². The van der Waals surface area contributed by atoms with E-state index in [-0.39, 0.29) is 23.9 Å². The van der Waals surface area contributed by atoms with Crippen molar-refractivity contribution in [1.29, 1.82) is 0 Å². The highest BCUT2D eigenvalue weighted by Crippen LogP contribution is 2.33. The van der Waals surface area contributed by atoms with E-state index in [1.54, 1.807) is 54.7 Å². The highest BCUT2D eigenvalue weighted by molar-refractivity contribution is 6.32.